The molecule has 1 saturated heterocycles. The number of nitrogens with zero attached hydrogens (tertiary/aromatic N) is 1. The number of hydrogen-bond donors (Lipinski definition) is 2. The van der Waals surface area contributed by atoms with E-state index in [9.17, 15) is 0 Å². The van der Waals surface area contributed by atoms with E-state index in [2.05, 4.69) is 22.6 Å². The molecule has 0 aromatic rings. The molecule has 0 saturated carbocycles. The molecule has 0 amide bonds. The van der Waals surface area contributed by atoms with Crippen LogP contribution in [0.25, 0.3) is 0 Å². The number of likely N-dealkylation sites (tertiary alicyclic amines) is 1. The fraction of sp³-hybridized carbons (Fsp3) is 1.00. The molecule has 90 valence electrons. The topological polar surface area (TPSA) is 27.3 Å². The van der Waals surface area contributed by atoms with Gasteiger partial charge in [-0.05, 0) is 78.4 Å². The van der Waals surface area contributed by atoms with Crippen molar-refractivity contribution in [3.63, 3.8) is 0 Å². The summed E-state index contributed by atoms with van der Waals surface area (Å²) in [5.74, 6) is 0.970. The Bertz CT molecular complexity index is 142. The summed E-state index contributed by atoms with van der Waals surface area (Å²) in [7, 11) is 4.24. The summed E-state index contributed by atoms with van der Waals surface area (Å²) in [4.78, 5) is 2.44. The van der Waals surface area contributed by atoms with Gasteiger partial charge in [0.25, 0.3) is 0 Å². The smallest absolute Gasteiger partial charge is 0.00191 e. The molecule has 0 radical (unpaired) electrons. The van der Waals surface area contributed by atoms with E-state index in [0.717, 1.165) is 19.0 Å². The van der Waals surface area contributed by atoms with Crippen LogP contribution in [0, 0.1) is 5.92 Å². The first kappa shape index (κ1) is 12.9. The molecule has 1 heterocycles. The van der Waals surface area contributed by atoms with Gasteiger partial charge in [-0.2, -0.15) is 0 Å². The van der Waals surface area contributed by atoms with Crippen molar-refractivity contribution in [2.24, 2.45) is 5.92 Å². The van der Waals surface area contributed by atoms with Gasteiger partial charge in [-0.15, -0.1) is 0 Å². The Morgan fingerprint density at radius 3 is 2.53 bits per heavy atom. The Balaban J connectivity index is 1.87. The largest absolute Gasteiger partial charge is 0.320 e. The van der Waals surface area contributed by atoms with Gasteiger partial charge in [0.2, 0.25) is 0 Å². The highest BCUT2D eigenvalue weighted by Crippen LogP contribution is 2.18. The van der Waals surface area contributed by atoms with Gasteiger partial charge in [0.15, 0.2) is 0 Å². The van der Waals surface area contributed by atoms with Crippen LogP contribution in [0.15, 0.2) is 0 Å². The van der Waals surface area contributed by atoms with Crippen LogP contribution in [0.5, 0.6) is 0 Å². The molecule has 0 bridgehead atoms. The van der Waals surface area contributed by atoms with Crippen LogP contribution in [0.4, 0.5) is 0 Å². The van der Waals surface area contributed by atoms with Crippen LogP contribution in [-0.4, -0.2) is 51.7 Å². The normalized spacial score (nSPS) is 19.6. The van der Waals surface area contributed by atoms with Gasteiger partial charge in [-0.25, -0.2) is 0 Å². The lowest BCUT2D eigenvalue weighted by atomic mass is 9.94. The van der Waals surface area contributed by atoms with Crippen LogP contribution >= 0.6 is 0 Å². The highest BCUT2D eigenvalue weighted by Gasteiger charge is 2.15. The molecule has 3 nitrogen and oxygen atoms in total. The Hall–Kier alpha value is -0.120. The Morgan fingerprint density at radius 1 is 1.13 bits per heavy atom. The van der Waals surface area contributed by atoms with Crippen LogP contribution in [0.2, 0.25) is 0 Å². The molecule has 1 aliphatic rings. The molecule has 0 atom stereocenters. The molecule has 3 heteroatoms. The quantitative estimate of drug-likeness (QED) is 0.616. The second-order valence-electron chi connectivity index (χ2n) is 4.74. The van der Waals surface area contributed by atoms with Crippen molar-refractivity contribution in [3.8, 4) is 0 Å². The van der Waals surface area contributed by atoms with Crippen molar-refractivity contribution in [1.82, 2.24) is 15.5 Å². The van der Waals surface area contributed by atoms with Gasteiger partial charge >= 0.3 is 0 Å². The summed E-state index contributed by atoms with van der Waals surface area (Å²) in [6.45, 7) is 6.08. The summed E-state index contributed by atoms with van der Waals surface area (Å²) >= 11 is 0. The average Bonchev–Trinajstić information content (AvgIpc) is 2.26. The minimum Gasteiger partial charge on any atom is -0.320 e. The monoisotopic (exact) mass is 213 g/mol. The van der Waals surface area contributed by atoms with E-state index in [4.69, 9.17) is 0 Å². The van der Waals surface area contributed by atoms with E-state index in [1.807, 2.05) is 7.05 Å². The summed E-state index contributed by atoms with van der Waals surface area (Å²) in [5.41, 5.74) is 0. The molecule has 0 aliphatic carbocycles. The summed E-state index contributed by atoms with van der Waals surface area (Å²) in [6.07, 6.45) is 5.40. The van der Waals surface area contributed by atoms with E-state index >= 15 is 0 Å². The lowest BCUT2D eigenvalue weighted by molar-refractivity contribution is 0.211. The first-order valence-electron chi connectivity index (χ1n) is 6.37. The summed E-state index contributed by atoms with van der Waals surface area (Å²) < 4.78 is 0. The Kier molecular flexibility index (Phi) is 6.98. The van der Waals surface area contributed by atoms with Gasteiger partial charge in [-0.1, -0.05) is 0 Å². The first-order chi connectivity index (χ1) is 7.33. The van der Waals surface area contributed by atoms with Crippen molar-refractivity contribution in [1.29, 1.82) is 0 Å². The third-order valence-corrected chi connectivity index (χ3v) is 3.35. The molecular formula is C12H27N3. The predicted octanol–water partition coefficient (Wildman–Crippen LogP) is 0.917. The van der Waals surface area contributed by atoms with Crippen molar-refractivity contribution >= 4 is 0 Å². The second kappa shape index (κ2) is 8.08. The average molecular weight is 213 g/mol. The molecule has 1 rings (SSSR count). The van der Waals surface area contributed by atoms with Gasteiger partial charge in [0.1, 0.15) is 0 Å². The van der Waals surface area contributed by atoms with Crippen LogP contribution in [0.1, 0.15) is 25.7 Å². The number of hydrogen-bond acceptors (Lipinski definition) is 3. The van der Waals surface area contributed by atoms with Crippen molar-refractivity contribution < 1.29 is 0 Å². The summed E-state index contributed by atoms with van der Waals surface area (Å²) in [5, 5.41) is 6.69. The van der Waals surface area contributed by atoms with Crippen LogP contribution in [0.3, 0.4) is 0 Å². The lowest BCUT2D eigenvalue weighted by Crippen LogP contribution is -2.31. The Morgan fingerprint density at radius 2 is 1.87 bits per heavy atom. The molecule has 15 heavy (non-hydrogen) atoms. The Labute approximate surface area is 94.6 Å². The fourth-order valence-electron chi connectivity index (χ4n) is 2.17. The highest BCUT2D eigenvalue weighted by molar-refractivity contribution is 4.70. The van der Waals surface area contributed by atoms with E-state index in [1.165, 1.54) is 45.3 Å². The minimum absolute atomic E-state index is 0.970. The van der Waals surface area contributed by atoms with Crippen molar-refractivity contribution in [2.75, 3.05) is 46.8 Å². The standard InChI is InChI=1S/C12H27N3/c1-13-7-3-8-14-9-4-12-5-10-15(2)11-6-12/h12-14H,3-11H2,1-2H3. The molecular weight excluding hydrogens is 186 g/mol. The van der Waals surface area contributed by atoms with Gasteiger partial charge in [0.05, 0.1) is 0 Å². The maximum atomic E-state index is 3.53. The van der Waals surface area contributed by atoms with Crippen molar-refractivity contribution in [3.05, 3.63) is 0 Å². The lowest BCUT2D eigenvalue weighted by Gasteiger charge is -2.28. The maximum Gasteiger partial charge on any atom is -0.00191 e. The summed E-state index contributed by atoms with van der Waals surface area (Å²) in [6, 6.07) is 0. The van der Waals surface area contributed by atoms with Gasteiger partial charge in [0, 0.05) is 0 Å². The SMILES string of the molecule is CNCCCNCCC1CCN(C)CC1. The van der Waals surface area contributed by atoms with Crippen LogP contribution in [-0.2, 0) is 0 Å². The predicted molar refractivity (Wildman–Crippen MR) is 66.3 cm³/mol. The third-order valence-electron chi connectivity index (χ3n) is 3.35. The number of nitrogens with one attached hydrogen (secondary N) is 2. The molecule has 2 N–H and O–H groups in total. The molecule has 0 aromatic heterocycles. The highest BCUT2D eigenvalue weighted by atomic mass is 15.1. The zero-order chi connectivity index (χ0) is 10.9. The van der Waals surface area contributed by atoms with E-state index < -0.39 is 0 Å². The van der Waals surface area contributed by atoms with Crippen molar-refractivity contribution in [2.45, 2.75) is 25.7 Å². The third kappa shape index (κ3) is 6.13. The fourth-order valence-corrected chi connectivity index (χ4v) is 2.17. The maximum absolute atomic E-state index is 3.53. The number of piperidine rings is 1. The van der Waals surface area contributed by atoms with Gasteiger partial charge in [-0.3, -0.25) is 0 Å². The van der Waals surface area contributed by atoms with E-state index in [0.29, 0.717) is 0 Å². The van der Waals surface area contributed by atoms with E-state index in [1.54, 1.807) is 0 Å². The second-order valence-corrected chi connectivity index (χ2v) is 4.74. The minimum atomic E-state index is 0.970. The van der Waals surface area contributed by atoms with Crippen LogP contribution < -0.4 is 10.6 Å². The number of rotatable bonds is 7. The zero-order valence-corrected chi connectivity index (χ0v) is 10.4. The molecule has 0 aromatic carbocycles. The molecule has 1 fully saturated rings. The molecule has 0 spiro atoms. The zero-order valence-electron chi connectivity index (χ0n) is 10.4. The molecule has 0 unspecified atom stereocenters. The van der Waals surface area contributed by atoms with Gasteiger partial charge < -0.3 is 15.5 Å². The van der Waals surface area contributed by atoms with E-state index in [-0.39, 0.29) is 0 Å². The molecule has 1 aliphatic heterocycles. The first-order valence-corrected chi connectivity index (χ1v) is 6.37.